The van der Waals surface area contributed by atoms with Crippen molar-refractivity contribution >= 4 is 0 Å². The summed E-state index contributed by atoms with van der Waals surface area (Å²) >= 11 is 0. The maximum atomic E-state index is 5.50. The molecule has 0 amide bonds. The van der Waals surface area contributed by atoms with Crippen molar-refractivity contribution in [3.05, 3.63) is 12.7 Å². The molecule has 3 nitrogen and oxygen atoms in total. The van der Waals surface area contributed by atoms with Gasteiger partial charge in [0, 0.05) is 31.7 Å². The quantitative estimate of drug-likeness (QED) is 0.530. The molecule has 2 unspecified atom stereocenters. The van der Waals surface area contributed by atoms with Gasteiger partial charge in [-0.05, 0) is 13.3 Å². The summed E-state index contributed by atoms with van der Waals surface area (Å²) in [7, 11) is 0. The number of ether oxygens (including phenoxy) is 1. The van der Waals surface area contributed by atoms with Crippen molar-refractivity contribution < 1.29 is 4.74 Å². The van der Waals surface area contributed by atoms with E-state index in [9.17, 15) is 0 Å². The Bertz CT molecular complexity index is 184. The van der Waals surface area contributed by atoms with Crippen molar-refractivity contribution in [1.82, 2.24) is 10.2 Å². The topological polar surface area (TPSA) is 24.5 Å². The summed E-state index contributed by atoms with van der Waals surface area (Å²) in [5.41, 5.74) is 0. The zero-order chi connectivity index (χ0) is 11.1. The van der Waals surface area contributed by atoms with E-state index < -0.39 is 0 Å². The molecular weight excluding hydrogens is 188 g/mol. The molecule has 88 valence electrons. The molecule has 3 heteroatoms. The second-order valence-electron chi connectivity index (χ2n) is 4.17. The van der Waals surface area contributed by atoms with Crippen LogP contribution in [0, 0.1) is 0 Å². The summed E-state index contributed by atoms with van der Waals surface area (Å²) in [4.78, 5) is 2.56. The third kappa shape index (κ3) is 3.93. The lowest BCUT2D eigenvalue weighted by molar-refractivity contribution is -0.0261. The van der Waals surface area contributed by atoms with Crippen LogP contribution in [0.2, 0.25) is 0 Å². The number of rotatable bonds is 6. The summed E-state index contributed by atoms with van der Waals surface area (Å²) in [6.07, 6.45) is 3.08. The van der Waals surface area contributed by atoms with Gasteiger partial charge >= 0.3 is 0 Å². The van der Waals surface area contributed by atoms with Crippen LogP contribution in [0.15, 0.2) is 12.7 Å². The maximum Gasteiger partial charge on any atom is 0.0622 e. The molecular formula is C12H24N2O. The van der Waals surface area contributed by atoms with Gasteiger partial charge in [0.25, 0.3) is 0 Å². The van der Waals surface area contributed by atoms with Gasteiger partial charge in [0.15, 0.2) is 0 Å². The fourth-order valence-corrected chi connectivity index (χ4v) is 2.11. The Morgan fingerprint density at radius 3 is 3.13 bits per heavy atom. The molecule has 0 aromatic heterocycles. The van der Waals surface area contributed by atoms with E-state index in [1.807, 2.05) is 6.08 Å². The van der Waals surface area contributed by atoms with Gasteiger partial charge in [-0.1, -0.05) is 13.0 Å². The zero-order valence-corrected chi connectivity index (χ0v) is 10.0. The van der Waals surface area contributed by atoms with E-state index in [-0.39, 0.29) is 0 Å². The predicted octanol–water partition coefficient (Wildman–Crippen LogP) is 1.26. The van der Waals surface area contributed by atoms with E-state index >= 15 is 0 Å². The molecule has 0 bridgehead atoms. The number of nitrogens with zero attached hydrogens (tertiary/aromatic N) is 1. The molecule has 1 aliphatic heterocycles. The monoisotopic (exact) mass is 212 g/mol. The molecule has 1 aliphatic rings. The highest BCUT2D eigenvalue weighted by atomic mass is 16.5. The van der Waals surface area contributed by atoms with Crippen molar-refractivity contribution in [1.29, 1.82) is 0 Å². The minimum absolute atomic E-state index is 0.582. The highest BCUT2D eigenvalue weighted by molar-refractivity contribution is 4.81. The number of morpholine rings is 1. The first kappa shape index (κ1) is 12.7. The summed E-state index contributed by atoms with van der Waals surface area (Å²) in [6.45, 7) is 13.0. The first-order valence-corrected chi connectivity index (χ1v) is 5.94. The fourth-order valence-electron chi connectivity index (χ4n) is 2.11. The average molecular weight is 212 g/mol. The minimum Gasteiger partial charge on any atom is -0.378 e. The third-order valence-electron chi connectivity index (χ3n) is 3.04. The van der Waals surface area contributed by atoms with Crippen LogP contribution in [0.4, 0.5) is 0 Å². The van der Waals surface area contributed by atoms with Crippen LogP contribution >= 0.6 is 0 Å². The maximum absolute atomic E-state index is 5.50. The van der Waals surface area contributed by atoms with Gasteiger partial charge < -0.3 is 10.1 Å². The van der Waals surface area contributed by atoms with Crippen LogP contribution in [0.25, 0.3) is 0 Å². The smallest absolute Gasteiger partial charge is 0.0622 e. The molecule has 0 spiro atoms. The summed E-state index contributed by atoms with van der Waals surface area (Å²) in [5, 5.41) is 3.38. The van der Waals surface area contributed by atoms with Gasteiger partial charge in [0.05, 0.1) is 13.2 Å². The Labute approximate surface area is 93.5 Å². The van der Waals surface area contributed by atoms with Gasteiger partial charge in [-0.15, -0.1) is 6.58 Å². The van der Waals surface area contributed by atoms with Crippen LogP contribution in [0.3, 0.4) is 0 Å². The Balaban J connectivity index is 2.33. The number of hydrogen-bond donors (Lipinski definition) is 1. The van der Waals surface area contributed by atoms with Gasteiger partial charge in [-0.3, -0.25) is 4.90 Å². The van der Waals surface area contributed by atoms with Crippen molar-refractivity contribution in [2.45, 2.75) is 32.4 Å². The molecule has 2 atom stereocenters. The molecule has 0 aliphatic carbocycles. The van der Waals surface area contributed by atoms with Gasteiger partial charge in [-0.25, -0.2) is 0 Å². The third-order valence-corrected chi connectivity index (χ3v) is 3.04. The average Bonchev–Trinajstić information content (AvgIpc) is 2.29. The minimum atomic E-state index is 0.582. The van der Waals surface area contributed by atoms with Crippen molar-refractivity contribution in [3.8, 4) is 0 Å². The van der Waals surface area contributed by atoms with Crippen molar-refractivity contribution in [2.24, 2.45) is 0 Å². The highest BCUT2D eigenvalue weighted by Gasteiger charge is 2.25. The molecule has 0 radical (unpaired) electrons. The van der Waals surface area contributed by atoms with Gasteiger partial charge in [0.2, 0.25) is 0 Å². The predicted molar refractivity (Wildman–Crippen MR) is 64.1 cm³/mol. The molecule has 0 aromatic rings. The molecule has 15 heavy (non-hydrogen) atoms. The van der Waals surface area contributed by atoms with Crippen LogP contribution in [-0.2, 0) is 4.74 Å². The van der Waals surface area contributed by atoms with Crippen LogP contribution in [0.1, 0.15) is 20.3 Å². The Morgan fingerprint density at radius 2 is 2.47 bits per heavy atom. The van der Waals surface area contributed by atoms with Gasteiger partial charge in [0.1, 0.15) is 0 Å². The standard InChI is InChI=1S/C12H24N2O/c1-4-6-13-9-11(3)14-7-8-15-10-12(14)5-2/h4,11-13H,1,5-10H2,2-3H3. The Kier molecular flexibility index (Phi) is 5.91. The largest absolute Gasteiger partial charge is 0.378 e. The second-order valence-corrected chi connectivity index (χ2v) is 4.17. The van der Waals surface area contributed by atoms with E-state index in [1.165, 1.54) is 6.42 Å². The summed E-state index contributed by atoms with van der Waals surface area (Å²) < 4.78 is 5.50. The van der Waals surface area contributed by atoms with Crippen LogP contribution in [-0.4, -0.2) is 49.8 Å². The molecule has 0 saturated carbocycles. The molecule has 1 N–H and O–H groups in total. The molecule has 1 saturated heterocycles. The Hall–Kier alpha value is -0.380. The van der Waals surface area contributed by atoms with Gasteiger partial charge in [-0.2, -0.15) is 0 Å². The van der Waals surface area contributed by atoms with Crippen LogP contribution in [0.5, 0.6) is 0 Å². The number of nitrogens with one attached hydrogen (secondary N) is 1. The first-order chi connectivity index (χ1) is 7.29. The van der Waals surface area contributed by atoms with E-state index in [4.69, 9.17) is 4.74 Å². The zero-order valence-electron chi connectivity index (χ0n) is 10.0. The lowest BCUT2D eigenvalue weighted by atomic mass is 10.1. The Morgan fingerprint density at radius 1 is 1.67 bits per heavy atom. The normalized spacial score (nSPS) is 25.1. The lowest BCUT2D eigenvalue weighted by Crippen LogP contribution is -2.52. The second kappa shape index (κ2) is 6.99. The molecule has 1 fully saturated rings. The van der Waals surface area contributed by atoms with E-state index in [0.29, 0.717) is 12.1 Å². The highest BCUT2D eigenvalue weighted by Crippen LogP contribution is 2.13. The SMILES string of the molecule is C=CCNCC(C)N1CCOCC1CC. The van der Waals surface area contributed by atoms with E-state index in [2.05, 4.69) is 30.6 Å². The lowest BCUT2D eigenvalue weighted by Gasteiger charge is -2.39. The molecule has 1 heterocycles. The molecule has 0 aromatic carbocycles. The van der Waals surface area contributed by atoms with E-state index in [0.717, 1.165) is 32.8 Å². The summed E-state index contributed by atoms with van der Waals surface area (Å²) in [5.74, 6) is 0. The number of hydrogen-bond acceptors (Lipinski definition) is 3. The van der Waals surface area contributed by atoms with Crippen molar-refractivity contribution in [2.75, 3.05) is 32.8 Å². The molecule has 1 rings (SSSR count). The fraction of sp³-hybridized carbons (Fsp3) is 0.833. The van der Waals surface area contributed by atoms with Crippen molar-refractivity contribution in [3.63, 3.8) is 0 Å². The first-order valence-electron chi connectivity index (χ1n) is 5.94. The van der Waals surface area contributed by atoms with Crippen LogP contribution < -0.4 is 5.32 Å². The van der Waals surface area contributed by atoms with E-state index in [1.54, 1.807) is 0 Å². The summed E-state index contributed by atoms with van der Waals surface area (Å²) in [6, 6.07) is 1.18.